The molecule has 0 radical (unpaired) electrons. The number of allylic oxidation sites excluding steroid dienone is 3. The summed E-state index contributed by atoms with van der Waals surface area (Å²) in [7, 11) is 0. The largest absolute Gasteiger partial charge is 0.384 e. The third kappa shape index (κ3) is 4.60. The van der Waals surface area contributed by atoms with E-state index in [0.29, 0.717) is 34.3 Å². The Bertz CT molecular complexity index is 1410. The Morgan fingerprint density at radius 1 is 1.22 bits per heavy atom. The third-order valence-electron chi connectivity index (χ3n) is 5.90. The van der Waals surface area contributed by atoms with Gasteiger partial charge in [0.05, 0.1) is 23.3 Å². The number of para-hydroxylation sites is 1. The lowest BCUT2D eigenvalue weighted by atomic mass is 9.76. The van der Waals surface area contributed by atoms with E-state index < -0.39 is 5.92 Å². The van der Waals surface area contributed by atoms with Crippen molar-refractivity contribution in [1.82, 2.24) is 15.2 Å². The molecule has 0 spiro atoms. The SMILES string of the molecule is N#CC1=C(N)N(c2nnc(SCC(=O)Nc3ccccc3)s2)C2=C(C(=O)CCC2)C1c1cccnc1. The van der Waals surface area contributed by atoms with E-state index in [-0.39, 0.29) is 28.8 Å². The first-order valence-electron chi connectivity index (χ1n) is 11.2. The number of amides is 1. The van der Waals surface area contributed by atoms with Crippen molar-refractivity contribution in [3.8, 4) is 6.07 Å². The number of nitrogens with two attached hydrogens (primary N) is 1. The van der Waals surface area contributed by atoms with E-state index in [1.54, 1.807) is 23.4 Å². The van der Waals surface area contributed by atoms with E-state index >= 15 is 0 Å². The topological polar surface area (TPSA) is 138 Å². The molecule has 3 heterocycles. The average Bonchev–Trinajstić information content (AvgIpc) is 3.36. The zero-order valence-corrected chi connectivity index (χ0v) is 20.7. The second-order valence-corrected chi connectivity index (χ2v) is 10.3. The molecule has 1 aliphatic heterocycles. The monoisotopic (exact) mass is 515 g/mol. The summed E-state index contributed by atoms with van der Waals surface area (Å²) in [6, 6.07) is 15.1. The minimum absolute atomic E-state index is 0.00736. The number of nitrogens with zero attached hydrogens (tertiary/aromatic N) is 5. The lowest BCUT2D eigenvalue weighted by Gasteiger charge is -2.37. The van der Waals surface area contributed by atoms with Crippen LogP contribution in [0.5, 0.6) is 0 Å². The fraction of sp³-hybridized carbons (Fsp3) is 0.200. The number of aromatic nitrogens is 3. The molecule has 11 heteroatoms. The summed E-state index contributed by atoms with van der Waals surface area (Å²) in [5, 5.41) is 21.9. The van der Waals surface area contributed by atoms with Gasteiger partial charge in [0, 0.05) is 35.8 Å². The van der Waals surface area contributed by atoms with Crippen LogP contribution in [0.2, 0.25) is 0 Å². The standard InChI is InChI=1S/C25H21N7O2S2/c26-12-17-21(15-6-5-11-28-13-15)22-18(9-4-10-19(22)33)32(23(17)27)24-30-31-25(36-24)35-14-20(34)29-16-7-2-1-3-8-16/h1-3,5-8,11,13,21H,4,9-10,14,27H2,(H,29,34). The molecule has 1 aliphatic carbocycles. The number of carbonyl (C=O) groups excluding carboxylic acids is 2. The second kappa shape index (κ2) is 10.3. The molecule has 0 bridgehead atoms. The highest BCUT2D eigenvalue weighted by Crippen LogP contribution is 2.46. The quantitative estimate of drug-likeness (QED) is 0.467. The van der Waals surface area contributed by atoms with Crippen LogP contribution in [0.4, 0.5) is 10.8 Å². The molecule has 1 amide bonds. The highest BCUT2D eigenvalue weighted by Gasteiger charge is 2.41. The Morgan fingerprint density at radius 2 is 2.06 bits per heavy atom. The molecule has 1 unspecified atom stereocenters. The maximum atomic E-state index is 13.1. The lowest BCUT2D eigenvalue weighted by Crippen LogP contribution is -2.38. The van der Waals surface area contributed by atoms with Gasteiger partial charge in [-0.3, -0.25) is 19.5 Å². The number of pyridine rings is 1. The van der Waals surface area contributed by atoms with Crippen molar-refractivity contribution >= 4 is 45.6 Å². The molecule has 5 rings (SSSR count). The first-order chi connectivity index (χ1) is 17.6. The van der Waals surface area contributed by atoms with E-state index in [4.69, 9.17) is 5.73 Å². The molecular formula is C25H21N7O2S2. The van der Waals surface area contributed by atoms with E-state index in [2.05, 4.69) is 26.6 Å². The summed E-state index contributed by atoms with van der Waals surface area (Å²) in [5.41, 5.74) is 9.60. The predicted molar refractivity (Wildman–Crippen MR) is 138 cm³/mol. The Balaban J connectivity index is 1.43. The molecule has 1 atom stereocenters. The van der Waals surface area contributed by atoms with E-state index in [0.717, 1.165) is 16.9 Å². The van der Waals surface area contributed by atoms with Crippen LogP contribution in [0, 0.1) is 11.3 Å². The van der Waals surface area contributed by atoms with Gasteiger partial charge >= 0.3 is 0 Å². The van der Waals surface area contributed by atoms with Gasteiger partial charge in [0.1, 0.15) is 5.82 Å². The molecule has 3 aromatic rings. The van der Waals surface area contributed by atoms with Gasteiger partial charge in [-0.05, 0) is 36.6 Å². The van der Waals surface area contributed by atoms with Gasteiger partial charge in [-0.1, -0.05) is 47.4 Å². The molecular weight excluding hydrogens is 494 g/mol. The number of rotatable bonds is 6. The Labute approximate surface area is 215 Å². The number of anilines is 2. The summed E-state index contributed by atoms with van der Waals surface area (Å²) in [4.78, 5) is 31.3. The van der Waals surface area contributed by atoms with Crippen molar-refractivity contribution in [2.45, 2.75) is 29.5 Å². The molecule has 3 N–H and O–H groups in total. The number of hydrogen-bond acceptors (Lipinski definition) is 10. The number of nitriles is 1. The minimum Gasteiger partial charge on any atom is -0.384 e. The normalized spacial score (nSPS) is 17.6. The number of ketones is 1. The maximum absolute atomic E-state index is 13.1. The fourth-order valence-corrected chi connectivity index (χ4v) is 6.06. The van der Waals surface area contributed by atoms with Crippen molar-refractivity contribution in [2.75, 3.05) is 16.0 Å². The molecule has 0 saturated heterocycles. The zero-order valence-electron chi connectivity index (χ0n) is 19.0. The lowest BCUT2D eigenvalue weighted by molar-refractivity contribution is -0.116. The fourth-order valence-electron chi connectivity index (χ4n) is 4.38. The summed E-state index contributed by atoms with van der Waals surface area (Å²) in [6.07, 6.45) is 5.03. The van der Waals surface area contributed by atoms with Crippen molar-refractivity contribution in [3.05, 3.63) is 83.1 Å². The average molecular weight is 516 g/mol. The molecule has 9 nitrogen and oxygen atoms in total. The van der Waals surface area contributed by atoms with E-state index in [9.17, 15) is 14.9 Å². The summed E-state index contributed by atoms with van der Waals surface area (Å²) in [5.74, 6) is -0.338. The van der Waals surface area contributed by atoms with Crippen LogP contribution in [0.25, 0.3) is 0 Å². The Hall–Kier alpha value is -4.01. The third-order valence-corrected chi connectivity index (χ3v) is 7.94. The van der Waals surface area contributed by atoms with Gasteiger partial charge in [0.25, 0.3) is 0 Å². The molecule has 1 aromatic carbocycles. The number of hydrogen-bond donors (Lipinski definition) is 2. The smallest absolute Gasteiger partial charge is 0.234 e. The van der Waals surface area contributed by atoms with Crippen LogP contribution in [-0.2, 0) is 9.59 Å². The number of Topliss-reactive ketones (excluding diaryl/α,β-unsaturated/α-hetero) is 1. The maximum Gasteiger partial charge on any atom is 0.234 e. The summed E-state index contributed by atoms with van der Waals surface area (Å²) in [6.45, 7) is 0. The van der Waals surface area contributed by atoms with Crippen LogP contribution in [0.15, 0.2) is 81.9 Å². The molecule has 0 fully saturated rings. The van der Waals surface area contributed by atoms with Gasteiger partial charge in [0.15, 0.2) is 10.1 Å². The minimum atomic E-state index is -0.564. The predicted octanol–water partition coefficient (Wildman–Crippen LogP) is 3.97. The molecule has 0 saturated carbocycles. The van der Waals surface area contributed by atoms with Gasteiger partial charge in [-0.2, -0.15) is 5.26 Å². The van der Waals surface area contributed by atoms with Gasteiger partial charge in [0.2, 0.25) is 11.0 Å². The molecule has 2 aromatic heterocycles. The highest BCUT2D eigenvalue weighted by molar-refractivity contribution is 8.01. The van der Waals surface area contributed by atoms with Crippen molar-refractivity contribution in [3.63, 3.8) is 0 Å². The molecule has 2 aliphatic rings. The first kappa shape index (κ1) is 23.7. The highest BCUT2D eigenvalue weighted by atomic mass is 32.2. The first-order valence-corrected chi connectivity index (χ1v) is 13.0. The van der Waals surface area contributed by atoms with E-state index in [1.807, 2.05) is 36.4 Å². The summed E-state index contributed by atoms with van der Waals surface area (Å²) < 4.78 is 0.582. The Kier molecular flexibility index (Phi) is 6.79. The number of carbonyl (C=O) groups is 2. The van der Waals surface area contributed by atoms with Crippen LogP contribution in [0.1, 0.15) is 30.7 Å². The molecule has 180 valence electrons. The Morgan fingerprint density at radius 3 is 2.81 bits per heavy atom. The van der Waals surface area contributed by atoms with Crippen molar-refractivity contribution in [1.29, 1.82) is 5.26 Å². The van der Waals surface area contributed by atoms with Gasteiger partial charge in [-0.15, -0.1) is 10.2 Å². The second-order valence-electron chi connectivity index (χ2n) is 8.16. The van der Waals surface area contributed by atoms with Gasteiger partial charge < -0.3 is 11.1 Å². The number of benzene rings is 1. The van der Waals surface area contributed by atoms with Crippen LogP contribution in [-0.4, -0.2) is 32.6 Å². The number of nitrogens with one attached hydrogen (secondary N) is 1. The van der Waals surface area contributed by atoms with Crippen LogP contribution < -0.4 is 16.0 Å². The van der Waals surface area contributed by atoms with Crippen molar-refractivity contribution in [2.24, 2.45) is 5.73 Å². The number of thioether (sulfide) groups is 1. The zero-order chi connectivity index (χ0) is 25.1. The molecule has 36 heavy (non-hydrogen) atoms. The summed E-state index contributed by atoms with van der Waals surface area (Å²) >= 11 is 2.52. The van der Waals surface area contributed by atoms with Crippen LogP contribution >= 0.6 is 23.1 Å². The van der Waals surface area contributed by atoms with Crippen molar-refractivity contribution < 1.29 is 9.59 Å². The van der Waals surface area contributed by atoms with E-state index in [1.165, 1.54) is 23.1 Å². The van der Waals surface area contributed by atoms with Gasteiger partial charge in [-0.25, -0.2) is 0 Å². The van der Waals surface area contributed by atoms with Crippen LogP contribution in [0.3, 0.4) is 0 Å².